The third kappa shape index (κ3) is 4.22. The van der Waals surface area contributed by atoms with Crippen molar-refractivity contribution in [3.8, 4) is 0 Å². The highest BCUT2D eigenvalue weighted by Gasteiger charge is 2.02. The Kier molecular flexibility index (Phi) is 4.65. The van der Waals surface area contributed by atoms with Crippen molar-refractivity contribution in [1.29, 1.82) is 0 Å². The zero-order valence-corrected chi connectivity index (χ0v) is 9.65. The fraction of sp³-hybridized carbons (Fsp3) is 0.333. The molecular formula is C9H11ClN4O2. The number of halogens is 1. The van der Waals surface area contributed by atoms with Gasteiger partial charge in [0, 0.05) is 5.71 Å². The van der Waals surface area contributed by atoms with Gasteiger partial charge in [0.05, 0.1) is 13.5 Å². The zero-order chi connectivity index (χ0) is 12.0. The maximum atomic E-state index is 10.9. The first-order valence-electron chi connectivity index (χ1n) is 4.47. The van der Waals surface area contributed by atoms with Gasteiger partial charge in [-0.25, -0.2) is 0 Å². The van der Waals surface area contributed by atoms with Crippen molar-refractivity contribution in [2.24, 2.45) is 5.10 Å². The molecule has 0 saturated carbocycles. The molecule has 6 nitrogen and oxygen atoms in total. The SMILES string of the molecule is COC(=O)CC(C)=NNc1ccc(Cl)nn1. The summed E-state index contributed by atoms with van der Waals surface area (Å²) in [7, 11) is 1.33. The van der Waals surface area contributed by atoms with Gasteiger partial charge < -0.3 is 4.74 Å². The number of hydrogen-bond acceptors (Lipinski definition) is 6. The summed E-state index contributed by atoms with van der Waals surface area (Å²) in [6, 6.07) is 3.21. The Morgan fingerprint density at radius 2 is 2.31 bits per heavy atom. The van der Waals surface area contributed by atoms with Crippen molar-refractivity contribution in [3.63, 3.8) is 0 Å². The number of ether oxygens (including phenoxy) is 1. The lowest BCUT2D eigenvalue weighted by molar-refractivity contribution is -0.139. The van der Waals surface area contributed by atoms with Gasteiger partial charge in [-0.1, -0.05) is 11.6 Å². The number of methoxy groups -OCH3 is 1. The number of hydrazone groups is 1. The smallest absolute Gasteiger partial charge is 0.311 e. The maximum absolute atomic E-state index is 10.9. The first kappa shape index (κ1) is 12.4. The largest absolute Gasteiger partial charge is 0.469 e. The molecule has 0 aliphatic carbocycles. The minimum atomic E-state index is -0.342. The molecule has 7 heteroatoms. The van der Waals surface area contributed by atoms with E-state index < -0.39 is 0 Å². The number of nitrogens with one attached hydrogen (secondary N) is 1. The van der Waals surface area contributed by atoms with E-state index in [1.165, 1.54) is 7.11 Å². The summed E-state index contributed by atoms with van der Waals surface area (Å²) >= 11 is 5.56. The molecule has 1 rings (SSSR count). The number of aromatic nitrogens is 2. The number of anilines is 1. The summed E-state index contributed by atoms with van der Waals surface area (Å²) in [6.45, 7) is 1.70. The quantitative estimate of drug-likeness (QED) is 0.492. The van der Waals surface area contributed by atoms with Gasteiger partial charge >= 0.3 is 5.97 Å². The third-order valence-electron chi connectivity index (χ3n) is 1.62. The van der Waals surface area contributed by atoms with Crippen LogP contribution in [0.5, 0.6) is 0 Å². The molecular weight excluding hydrogens is 232 g/mol. The van der Waals surface area contributed by atoms with Crippen LogP contribution in [0.3, 0.4) is 0 Å². The van der Waals surface area contributed by atoms with Gasteiger partial charge in [-0.15, -0.1) is 10.2 Å². The van der Waals surface area contributed by atoms with Gasteiger partial charge in [-0.05, 0) is 19.1 Å². The Balaban J connectivity index is 2.52. The second kappa shape index (κ2) is 6.02. The summed E-state index contributed by atoms with van der Waals surface area (Å²) in [5.74, 6) is 0.110. The molecule has 0 aliphatic rings. The molecule has 0 radical (unpaired) electrons. The van der Waals surface area contributed by atoms with E-state index in [1.807, 2.05) is 0 Å². The number of nitrogens with zero attached hydrogens (tertiary/aromatic N) is 3. The Morgan fingerprint density at radius 3 is 2.88 bits per heavy atom. The van der Waals surface area contributed by atoms with Gasteiger partial charge in [0.15, 0.2) is 11.0 Å². The van der Waals surface area contributed by atoms with Crippen LogP contribution in [-0.2, 0) is 9.53 Å². The fourth-order valence-electron chi connectivity index (χ4n) is 0.849. The number of rotatable bonds is 4. The molecule has 0 amide bonds. The van der Waals surface area contributed by atoms with E-state index in [-0.39, 0.29) is 12.4 Å². The highest BCUT2D eigenvalue weighted by Crippen LogP contribution is 2.05. The van der Waals surface area contributed by atoms with Gasteiger partial charge in [0.1, 0.15) is 0 Å². The standard InChI is InChI=1S/C9H11ClN4O2/c1-6(5-9(15)16-2)11-13-8-4-3-7(10)12-14-8/h3-4H,5H2,1-2H3,(H,13,14). The van der Waals surface area contributed by atoms with Crippen LogP contribution in [0.25, 0.3) is 0 Å². The van der Waals surface area contributed by atoms with Crippen molar-refractivity contribution < 1.29 is 9.53 Å². The molecule has 1 N–H and O–H groups in total. The van der Waals surface area contributed by atoms with Crippen molar-refractivity contribution >= 4 is 29.1 Å². The summed E-state index contributed by atoms with van der Waals surface area (Å²) in [6.07, 6.45) is 0.129. The Hall–Kier alpha value is -1.69. The minimum absolute atomic E-state index is 0.129. The van der Waals surface area contributed by atoms with E-state index >= 15 is 0 Å². The van der Waals surface area contributed by atoms with E-state index in [2.05, 4.69) is 25.5 Å². The number of carbonyl (C=O) groups is 1. The van der Waals surface area contributed by atoms with Gasteiger partial charge in [0.25, 0.3) is 0 Å². The van der Waals surface area contributed by atoms with Gasteiger partial charge in [0.2, 0.25) is 0 Å². The molecule has 86 valence electrons. The summed E-state index contributed by atoms with van der Waals surface area (Å²) in [5.41, 5.74) is 3.24. The van der Waals surface area contributed by atoms with E-state index in [9.17, 15) is 4.79 Å². The highest BCUT2D eigenvalue weighted by molar-refractivity contribution is 6.29. The number of esters is 1. The maximum Gasteiger partial charge on any atom is 0.311 e. The predicted octanol–water partition coefficient (Wildman–Crippen LogP) is 1.48. The van der Waals surface area contributed by atoms with Crippen LogP contribution in [0.15, 0.2) is 17.2 Å². The number of hydrogen-bond donors (Lipinski definition) is 1. The molecule has 1 aromatic heterocycles. The lowest BCUT2D eigenvalue weighted by atomic mass is 10.3. The second-order valence-electron chi connectivity index (χ2n) is 2.95. The van der Waals surface area contributed by atoms with E-state index in [4.69, 9.17) is 11.6 Å². The van der Waals surface area contributed by atoms with Crippen LogP contribution in [0.2, 0.25) is 5.15 Å². The molecule has 1 aromatic rings. The van der Waals surface area contributed by atoms with Crippen molar-refractivity contribution in [2.75, 3.05) is 12.5 Å². The summed E-state index contributed by atoms with van der Waals surface area (Å²) < 4.78 is 4.50. The Labute approximate surface area is 97.7 Å². The third-order valence-corrected chi connectivity index (χ3v) is 1.82. The van der Waals surface area contributed by atoms with Crippen LogP contribution >= 0.6 is 11.6 Å². The Morgan fingerprint density at radius 1 is 1.56 bits per heavy atom. The van der Waals surface area contributed by atoms with Crippen LogP contribution < -0.4 is 5.43 Å². The monoisotopic (exact) mass is 242 g/mol. The molecule has 0 atom stereocenters. The summed E-state index contributed by atoms with van der Waals surface area (Å²) in [5, 5.41) is 11.6. The zero-order valence-electron chi connectivity index (χ0n) is 8.90. The first-order valence-corrected chi connectivity index (χ1v) is 4.85. The van der Waals surface area contributed by atoms with Gasteiger partial charge in [-0.3, -0.25) is 10.2 Å². The second-order valence-corrected chi connectivity index (χ2v) is 3.34. The summed E-state index contributed by atoms with van der Waals surface area (Å²) in [4.78, 5) is 10.9. The van der Waals surface area contributed by atoms with Crippen LogP contribution in [-0.4, -0.2) is 29.0 Å². The van der Waals surface area contributed by atoms with Crippen LogP contribution in [0.1, 0.15) is 13.3 Å². The molecule has 0 saturated heterocycles. The predicted molar refractivity (Wildman–Crippen MR) is 60.4 cm³/mol. The van der Waals surface area contributed by atoms with E-state index in [0.717, 1.165) is 0 Å². The van der Waals surface area contributed by atoms with Crippen LogP contribution in [0, 0.1) is 0 Å². The van der Waals surface area contributed by atoms with Crippen molar-refractivity contribution in [1.82, 2.24) is 10.2 Å². The Bertz CT molecular complexity index is 391. The lowest BCUT2D eigenvalue weighted by Crippen LogP contribution is -2.08. The molecule has 0 unspecified atom stereocenters. The molecule has 1 heterocycles. The molecule has 0 spiro atoms. The first-order chi connectivity index (χ1) is 7.61. The highest BCUT2D eigenvalue weighted by atomic mass is 35.5. The molecule has 16 heavy (non-hydrogen) atoms. The van der Waals surface area contributed by atoms with Gasteiger partial charge in [-0.2, -0.15) is 5.10 Å². The average molecular weight is 243 g/mol. The normalized spacial score (nSPS) is 11.1. The lowest BCUT2D eigenvalue weighted by Gasteiger charge is -2.01. The molecule has 0 aromatic carbocycles. The number of carbonyl (C=O) groups excluding carboxylic acids is 1. The van der Waals surface area contributed by atoms with Crippen LogP contribution in [0.4, 0.5) is 5.82 Å². The fourth-order valence-corrected chi connectivity index (χ4v) is 0.950. The molecule has 0 bridgehead atoms. The minimum Gasteiger partial charge on any atom is -0.469 e. The van der Waals surface area contributed by atoms with Crippen molar-refractivity contribution in [2.45, 2.75) is 13.3 Å². The van der Waals surface area contributed by atoms with E-state index in [1.54, 1.807) is 19.1 Å². The molecule has 0 fully saturated rings. The van der Waals surface area contributed by atoms with E-state index in [0.29, 0.717) is 16.7 Å². The van der Waals surface area contributed by atoms with Crippen molar-refractivity contribution in [3.05, 3.63) is 17.3 Å². The molecule has 0 aliphatic heterocycles. The topological polar surface area (TPSA) is 76.5 Å². The average Bonchev–Trinajstić information content (AvgIpc) is 2.28.